The molecule has 1 aliphatic rings. The second kappa shape index (κ2) is 6.31. The van der Waals surface area contributed by atoms with Gasteiger partial charge in [0.1, 0.15) is 5.82 Å². The molecule has 1 aromatic rings. The van der Waals surface area contributed by atoms with Crippen molar-refractivity contribution in [3.63, 3.8) is 0 Å². The zero-order valence-electron chi connectivity index (χ0n) is 13.2. The van der Waals surface area contributed by atoms with E-state index in [0.717, 1.165) is 16.7 Å². The molecule has 0 saturated heterocycles. The predicted molar refractivity (Wildman–Crippen MR) is 88.1 cm³/mol. The first-order valence-electron chi connectivity index (χ1n) is 7.57. The summed E-state index contributed by atoms with van der Waals surface area (Å²) in [5.41, 5.74) is 4.65. The molecule has 1 aromatic carbocycles. The molecule has 0 heterocycles. The van der Waals surface area contributed by atoms with Gasteiger partial charge in [-0.1, -0.05) is 44.6 Å². The van der Waals surface area contributed by atoms with Crippen LogP contribution >= 0.6 is 0 Å². The molecule has 0 bridgehead atoms. The smallest absolute Gasteiger partial charge is 0.142 e. The highest BCUT2D eigenvalue weighted by atomic mass is 19.1. The van der Waals surface area contributed by atoms with Gasteiger partial charge in [-0.15, -0.1) is 5.92 Å². The van der Waals surface area contributed by atoms with Crippen LogP contribution in [0.1, 0.15) is 67.7 Å². The van der Waals surface area contributed by atoms with Gasteiger partial charge in [0.15, 0.2) is 0 Å². The van der Waals surface area contributed by atoms with Crippen LogP contribution in [0.25, 0.3) is 0 Å². The zero-order valence-corrected chi connectivity index (χ0v) is 13.2. The van der Waals surface area contributed by atoms with Gasteiger partial charge >= 0.3 is 0 Å². The standard InChI is InChI=1S/C20H23F/c1-6-8-16-12-17(15-9-10-15)18(11-14(5)7-2)19(13(3)4)20(16)21/h7,12-13,15H,2,5,9-11H2,1,3-4H3. The molecule has 1 heteroatoms. The molecule has 110 valence electrons. The Labute approximate surface area is 127 Å². The van der Waals surface area contributed by atoms with E-state index < -0.39 is 0 Å². The van der Waals surface area contributed by atoms with Gasteiger partial charge in [0.2, 0.25) is 0 Å². The van der Waals surface area contributed by atoms with E-state index in [1.807, 2.05) is 19.9 Å². The second-order valence-corrected chi connectivity index (χ2v) is 6.06. The highest BCUT2D eigenvalue weighted by molar-refractivity contribution is 5.52. The van der Waals surface area contributed by atoms with Gasteiger partial charge in [0, 0.05) is 0 Å². The maximum atomic E-state index is 14.8. The first-order valence-corrected chi connectivity index (χ1v) is 7.57. The first-order chi connectivity index (χ1) is 9.99. The SMILES string of the molecule is C=CC(=C)Cc1c(C2CC2)cc(C#CC)c(F)c1C(C)C. The zero-order chi connectivity index (χ0) is 15.6. The van der Waals surface area contributed by atoms with Crippen molar-refractivity contribution in [1.82, 2.24) is 0 Å². The quantitative estimate of drug-likeness (QED) is 0.495. The summed E-state index contributed by atoms with van der Waals surface area (Å²) >= 11 is 0. The first kappa shape index (κ1) is 15.6. The molecule has 0 nitrogen and oxygen atoms in total. The van der Waals surface area contributed by atoms with Crippen LogP contribution in [0.2, 0.25) is 0 Å². The highest BCUT2D eigenvalue weighted by Gasteiger charge is 2.30. The molecular weight excluding hydrogens is 259 g/mol. The van der Waals surface area contributed by atoms with Gasteiger partial charge in [-0.2, -0.15) is 0 Å². The summed E-state index contributed by atoms with van der Waals surface area (Å²) in [4.78, 5) is 0. The fourth-order valence-corrected chi connectivity index (χ4v) is 2.82. The fourth-order valence-electron chi connectivity index (χ4n) is 2.82. The highest BCUT2D eigenvalue weighted by Crippen LogP contribution is 2.45. The fraction of sp³-hybridized carbons (Fsp3) is 0.400. The van der Waals surface area contributed by atoms with Crippen LogP contribution in [-0.2, 0) is 6.42 Å². The van der Waals surface area contributed by atoms with Gasteiger partial charge in [0.05, 0.1) is 5.56 Å². The van der Waals surface area contributed by atoms with Crippen LogP contribution in [0.4, 0.5) is 4.39 Å². The summed E-state index contributed by atoms with van der Waals surface area (Å²) in [6.07, 6.45) is 4.82. The predicted octanol–water partition coefficient (Wildman–Crippen LogP) is 5.48. The Bertz CT molecular complexity index is 634. The number of hydrogen-bond donors (Lipinski definition) is 0. The van der Waals surface area contributed by atoms with Gasteiger partial charge in [-0.05, 0) is 60.8 Å². The summed E-state index contributed by atoms with van der Waals surface area (Å²) in [6, 6.07) is 1.96. The molecular formula is C20H23F. The monoisotopic (exact) mass is 282 g/mol. The maximum absolute atomic E-state index is 14.8. The molecule has 0 radical (unpaired) electrons. The lowest BCUT2D eigenvalue weighted by molar-refractivity contribution is 0.589. The van der Waals surface area contributed by atoms with Gasteiger partial charge in [-0.3, -0.25) is 0 Å². The Morgan fingerprint density at radius 3 is 2.62 bits per heavy atom. The van der Waals surface area contributed by atoms with Crippen LogP contribution in [0.5, 0.6) is 0 Å². The van der Waals surface area contributed by atoms with Crippen LogP contribution in [0.3, 0.4) is 0 Å². The van der Waals surface area contributed by atoms with Gasteiger partial charge in [0.25, 0.3) is 0 Å². The summed E-state index contributed by atoms with van der Waals surface area (Å²) in [5.74, 6) is 6.29. The Morgan fingerprint density at radius 2 is 2.14 bits per heavy atom. The molecule has 0 atom stereocenters. The van der Waals surface area contributed by atoms with E-state index in [9.17, 15) is 4.39 Å². The van der Waals surface area contributed by atoms with E-state index in [1.54, 1.807) is 13.0 Å². The van der Waals surface area contributed by atoms with Crippen molar-refractivity contribution in [3.05, 3.63) is 58.9 Å². The van der Waals surface area contributed by atoms with Crippen LogP contribution in [0, 0.1) is 17.7 Å². The number of hydrogen-bond acceptors (Lipinski definition) is 0. The average molecular weight is 282 g/mol. The maximum Gasteiger partial charge on any atom is 0.142 e. The average Bonchev–Trinajstić information content (AvgIpc) is 3.25. The second-order valence-electron chi connectivity index (χ2n) is 6.06. The summed E-state index contributed by atoms with van der Waals surface area (Å²) < 4.78 is 14.8. The molecule has 0 N–H and O–H groups in total. The van der Waals surface area contributed by atoms with Crippen molar-refractivity contribution in [2.75, 3.05) is 0 Å². The Hall–Kier alpha value is -1.81. The van der Waals surface area contributed by atoms with Gasteiger partial charge in [-0.25, -0.2) is 4.39 Å². The number of rotatable bonds is 5. The van der Waals surface area contributed by atoms with E-state index in [-0.39, 0.29) is 11.7 Å². The van der Waals surface area contributed by atoms with Crippen molar-refractivity contribution in [3.8, 4) is 11.8 Å². The van der Waals surface area contributed by atoms with E-state index in [0.29, 0.717) is 17.9 Å². The number of allylic oxidation sites excluding steroid dienone is 2. The van der Waals surface area contributed by atoms with Crippen LogP contribution < -0.4 is 0 Å². The topological polar surface area (TPSA) is 0 Å². The minimum Gasteiger partial charge on any atom is -0.205 e. The summed E-state index contributed by atoms with van der Waals surface area (Å²) in [6.45, 7) is 13.6. The summed E-state index contributed by atoms with van der Waals surface area (Å²) in [5, 5.41) is 0. The third-order valence-corrected chi connectivity index (χ3v) is 3.99. The summed E-state index contributed by atoms with van der Waals surface area (Å²) in [7, 11) is 0. The van der Waals surface area contributed by atoms with Crippen LogP contribution in [0.15, 0.2) is 30.9 Å². The molecule has 1 aliphatic carbocycles. The molecule has 0 spiro atoms. The Morgan fingerprint density at radius 1 is 1.48 bits per heavy atom. The normalized spacial score (nSPS) is 13.8. The molecule has 21 heavy (non-hydrogen) atoms. The molecule has 1 saturated carbocycles. The molecule has 0 amide bonds. The van der Waals surface area contributed by atoms with Gasteiger partial charge < -0.3 is 0 Å². The van der Waals surface area contributed by atoms with E-state index in [4.69, 9.17) is 0 Å². The number of halogens is 1. The minimum absolute atomic E-state index is 0.133. The lowest BCUT2D eigenvalue weighted by Gasteiger charge is -2.20. The lowest BCUT2D eigenvalue weighted by atomic mass is 9.85. The molecule has 1 fully saturated rings. The van der Waals surface area contributed by atoms with Crippen molar-refractivity contribution < 1.29 is 4.39 Å². The third kappa shape index (κ3) is 3.27. The van der Waals surface area contributed by atoms with Crippen molar-refractivity contribution in [2.45, 2.75) is 51.9 Å². The molecule has 0 aromatic heterocycles. The third-order valence-electron chi connectivity index (χ3n) is 3.99. The minimum atomic E-state index is -0.157. The molecule has 2 rings (SSSR count). The van der Waals surface area contributed by atoms with E-state index in [1.165, 1.54) is 18.4 Å². The number of benzene rings is 1. The van der Waals surface area contributed by atoms with Crippen molar-refractivity contribution in [1.29, 1.82) is 0 Å². The van der Waals surface area contributed by atoms with Crippen molar-refractivity contribution in [2.24, 2.45) is 0 Å². The lowest BCUT2D eigenvalue weighted by Crippen LogP contribution is -2.08. The Balaban J connectivity index is 2.67. The van der Waals surface area contributed by atoms with E-state index in [2.05, 4.69) is 25.0 Å². The largest absolute Gasteiger partial charge is 0.205 e. The molecule has 0 unspecified atom stereocenters. The van der Waals surface area contributed by atoms with E-state index >= 15 is 0 Å². The van der Waals surface area contributed by atoms with Crippen LogP contribution in [-0.4, -0.2) is 0 Å². The molecule has 0 aliphatic heterocycles. The van der Waals surface area contributed by atoms with Crippen molar-refractivity contribution >= 4 is 0 Å². The Kier molecular flexibility index (Phi) is 4.68.